The normalized spacial score (nSPS) is 28.9. The molecule has 0 saturated carbocycles. The first-order chi connectivity index (χ1) is 10.0. The molecule has 2 aliphatic rings. The topological polar surface area (TPSA) is 24.5 Å². The smallest absolute Gasteiger partial charge is 0.387 e. The third kappa shape index (κ3) is 3.10. The Balaban J connectivity index is 1.64. The van der Waals surface area contributed by atoms with Crippen LogP contribution >= 0.6 is 0 Å². The van der Waals surface area contributed by atoms with Crippen molar-refractivity contribution in [3.05, 3.63) is 24.0 Å². The van der Waals surface area contributed by atoms with Gasteiger partial charge in [0, 0.05) is 29.9 Å². The summed E-state index contributed by atoms with van der Waals surface area (Å²) < 4.78 is 42.0. The van der Waals surface area contributed by atoms with Gasteiger partial charge < -0.3 is 15.0 Å². The van der Waals surface area contributed by atoms with Crippen molar-refractivity contribution in [1.29, 1.82) is 0 Å². The molecular weight excluding hydrogens is 281 g/mol. The van der Waals surface area contributed by atoms with Gasteiger partial charge in [-0.2, -0.15) is 8.78 Å². The summed E-state index contributed by atoms with van der Waals surface area (Å²) in [6.07, 6.45) is 4.50. The van der Waals surface area contributed by atoms with E-state index in [1.807, 2.05) is 0 Å². The Labute approximate surface area is 122 Å². The third-order valence-corrected chi connectivity index (χ3v) is 4.62. The predicted octanol–water partition coefficient (Wildman–Crippen LogP) is 3.46. The maximum atomic E-state index is 13.7. The van der Waals surface area contributed by atoms with Gasteiger partial charge in [-0.1, -0.05) is 0 Å². The largest absolute Gasteiger partial charge is 0.432 e. The minimum atomic E-state index is -3.01. The molecule has 0 amide bonds. The SMILES string of the molecule is CN1C2CCC1CC(Nc1ccc(OC(F)F)c(F)c1)C2. The Bertz CT molecular complexity index is 498. The molecule has 0 aliphatic carbocycles. The van der Waals surface area contributed by atoms with Crippen LogP contribution in [-0.2, 0) is 0 Å². The lowest BCUT2D eigenvalue weighted by atomic mass is 9.98. The first-order valence-corrected chi connectivity index (χ1v) is 7.26. The van der Waals surface area contributed by atoms with Gasteiger partial charge in [0.1, 0.15) is 0 Å². The van der Waals surface area contributed by atoms with E-state index < -0.39 is 18.2 Å². The van der Waals surface area contributed by atoms with Crippen LogP contribution in [0.4, 0.5) is 18.9 Å². The van der Waals surface area contributed by atoms with Crippen molar-refractivity contribution >= 4 is 5.69 Å². The van der Waals surface area contributed by atoms with Crippen molar-refractivity contribution in [2.45, 2.75) is 50.4 Å². The third-order valence-electron chi connectivity index (χ3n) is 4.62. The number of ether oxygens (including phenoxy) is 1. The average molecular weight is 300 g/mol. The molecule has 0 spiro atoms. The number of anilines is 1. The van der Waals surface area contributed by atoms with Crippen LogP contribution in [0.25, 0.3) is 0 Å². The van der Waals surface area contributed by atoms with E-state index in [1.165, 1.54) is 25.0 Å². The van der Waals surface area contributed by atoms with Crippen LogP contribution in [0, 0.1) is 5.82 Å². The van der Waals surface area contributed by atoms with E-state index in [2.05, 4.69) is 22.0 Å². The Morgan fingerprint density at radius 2 is 1.90 bits per heavy atom. The van der Waals surface area contributed by atoms with Crippen LogP contribution in [0.3, 0.4) is 0 Å². The molecule has 2 aliphatic heterocycles. The van der Waals surface area contributed by atoms with Gasteiger partial charge in [-0.05, 0) is 44.9 Å². The van der Waals surface area contributed by atoms with E-state index in [0.29, 0.717) is 23.8 Å². The molecule has 1 N–H and O–H groups in total. The van der Waals surface area contributed by atoms with Crippen molar-refractivity contribution in [2.75, 3.05) is 12.4 Å². The minimum Gasteiger partial charge on any atom is -0.432 e. The molecule has 6 heteroatoms. The van der Waals surface area contributed by atoms with Gasteiger partial charge in [-0.15, -0.1) is 0 Å². The molecule has 3 rings (SSSR count). The zero-order chi connectivity index (χ0) is 15.0. The van der Waals surface area contributed by atoms with Crippen LogP contribution in [0.5, 0.6) is 5.75 Å². The highest BCUT2D eigenvalue weighted by molar-refractivity contribution is 5.48. The van der Waals surface area contributed by atoms with E-state index in [1.54, 1.807) is 6.07 Å². The van der Waals surface area contributed by atoms with Crippen LogP contribution < -0.4 is 10.1 Å². The summed E-state index contributed by atoms with van der Waals surface area (Å²) in [6, 6.07) is 5.53. The van der Waals surface area contributed by atoms with Gasteiger partial charge in [0.25, 0.3) is 0 Å². The Kier molecular flexibility index (Phi) is 3.97. The summed E-state index contributed by atoms with van der Waals surface area (Å²) in [6.45, 7) is -3.01. The molecule has 1 aromatic carbocycles. The molecule has 2 atom stereocenters. The lowest BCUT2D eigenvalue weighted by molar-refractivity contribution is -0.0521. The predicted molar refractivity (Wildman–Crippen MR) is 74.2 cm³/mol. The van der Waals surface area contributed by atoms with Gasteiger partial charge in [0.2, 0.25) is 0 Å². The first kappa shape index (κ1) is 14.5. The Hall–Kier alpha value is -1.43. The summed E-state index contributed by atoms with van der Waals surface area (Å²) in [7, 11) is 2.16. The number of hydrogen-bond donors (Lipinski definition) is 1. The van der Waals surface area contributed by atoms with E-state index in [4.69, 9.17) is 0 Å². The number of halogens is 3. The van der Waals surface area contributed by atoms with Gasteiger partial charge in [-0.3, -0.25) is 0 Å². The first-order valence-electron chi connectivity index (χ1n) is 7.26. The van der Waals surface area contributed by atoms with Gasteiger partial charge in [-0.25, -0.2) is 4.39 Å². The van der Waals surface area contributed by atoms with Crippen molar-refractivity contribution in [2.24, 2.45) is 0 Å². The Morgan fingerprint density at radius 1 is 1.24 bits per heavy atom. The molecule has 21 heavy (non-hydrogen) atoms. The zero-order valence-corrected chi connectivity index (χ0v) is 11.9. The summed E-state index contributed by atoms with van der Waals surface area (Å²) >= 11 is 0. The van der Waals surface area contributed by atoms with Crippen molar-refractivity contribution in [1.82, 2.24) is 4.90 Å². The van der Waals surface area contributed by atoms with Crippen molar-refractivity contribution < 1.29 is 17.9 Å². The molecule has 1 aromatic rings. The highest BCUT2D eigenvalue weighted by Crippen LogP contribution is 2.35. The number of fused-ring (bicyclic) bond motifs is 2. The van der Waals surface area contributed by atoms with Crippen LogP contribution in [0.1, 0.15) is 25.7 Å². The maximum Gasteiger partial charge on any atom is 0.387 e. The van der Waals surface area contributed by atoms with Crippen molar-refractivity contribution in [3.8, 4) is 5.75 Å². The van der Waals surface area contributed by atoms with Crippen molar-refractivity contribution in [3.63, 3.8) is 0 Å². The second-order valence-corrected chi connectivity index (χ2v) is 5.89. The molecule has 3 nitrogen and oxygen atoms in total. The monoisotopic (exact) mass is 300 g/mol. The second-order valence-electron chi connectivity index (χ2n) is 5.89. The molecule has 2 saturated heterocycles. The van der Waals surface area contributed by atoms with E-state index in [9.17, 15) is 13.2 Å². The fraction of sp³-hybridized carbons (Fsp3) is 0.600. The van der Waals surface area contributed by atoms with Crippen LogP contribution in [0.15, 0.2) is 18.2 Å². The highest BCUT2D eigenvalue weighted by Gasteiger charge is 2.38. The number of rotatable bonds is 4. The van der Waals surface area contributed by atoms with Gasteiger partial charge >= 0.3 is 6.61 Å². The van der Waals surface area contributed by atoms with Crippen LogP contribution in [0.2, 0.25) is 0 Å². The molecule has 0 aromatic heterocycles. The standard InChI is InChI=1S/C15H19F3N2O/c1-20-11-3-4-12(20)7-10(6-11)19-9-2-5-14(13(16)8-9)21-15(17)18/h2,5,8,10-12,15,19H,3-4,6-7H2,1H3. The number of hydrogen-bond acceptors (Lipinski definition) is 3. The summed E-state index contributed by atoms with van der Waals surface area (Å²) in [4.78, 5) is 2.43. The maximum absolute atomic E-state index is 13.7. The number of nitrogens with zero attached hydrogens (tertiary/aromatic N) is 1. The van der Waals surface area contributed by atoms with E-state index in [0.717, 1.165) is 12.8 Å². The van der Waals surface area contributed by atoms with Crippen LogP contribution in [-0.4, -0.2) is 36.7 Å². The fourth-order valence-electron chi connectivity index (χ4n) is 3.55. The van der Waals surface area contributed by atoms with Gasteiger partial charge in [0.15, 0.2) is 11.6 Å². The Morgan fingerprint density at radius 3 is 2.48 bits per heavy atom. The zero-order valence-electron chi connectivity index (χ0n) is 11.9. The van der Waals surface area contributed by atoms with E-state index >= 15 is 0 Å². The quantitative estimate of drug-likeness (QED) is 0.921. The summed E-state index contributed by atoms with van der Waals surface area (Å²) in [5.74, 6) is -1.19. The number of piperidine rings is 1. The summed E-state index contributed by atoms with van der Waals surface area (Å²) in [5.41, 5.74) is 0.614. The number of nitrogens with one attached hydrogen (secondary N) is 1. The molecule has 116 valence electrons. The lowest BCUT2D eigenvalue weighted by Gasteiger charge is -2.37. The molecule has 2 unspecified atom stereocenters. The molecular formula is C15H19F3N2O. The highest BCUT2D eigenvalue weighted by atomic mass is 19.3. The molecule has 0 radical (unpaired) electrons. The number of benzene rings is 1. The summed E-state index contributed by atoms with van der Waals surface area (Å²) in [5, 5.41) is 3.31. The van der Waals surface area contributed by atoms with E-state index in [-0.39, 0.29) is 0 Å². The van der Waals surface area contributed by atoms with Gasteiger partial charge in [0.05, 0.1) is 0 Å². The molecule has 2 heterocycles. The average Bonchev–Trinajstić information content (AvgIpc) is 2.64. The second kappa shape index (κ2) is 5.75. The minimum absolute atomic E-state index is 0.306. The number of alkyl halides is 2. The fourth-order valence-corrected chi connectivity index (χ4v) is 3.55. The lowest BCUT2D eigenvalue weighted by Crippen LogP contribution is -2.44. The molecule has 2 fully saturated rings. The molecule has 2 bridgehead atoms.